The number of hydrogen-bond donors (Lipinski definition) is 3. The SMILES string of the molecule is CC1(C)OB(c2ccc(C[C@H](NC(=O)CNC(=O)c3ccccc3)C(N)=O)cc2)OC1(C)C. The molecule has 2 aromatic carbocycles. The van der Waals surface area contributed by atoms with E-state index < -0.39 is 36.2 Å². The molecule has 174 valence electrons. The van der Waals surface area contributed by atoms with Crippen LogP contribution in [0, 0.1) is 0 Å². The van der Waals surface area contributed by atoms with Crippen molar-refractivity contribution in [3.63, 3.8) is 0 Å². The fourth-order valence-corrected chi connectivity index (χ4v) is 3.35. The average Bonchev–Trinajstić information content (AvgIpc) is 2.99. The van der Waals surface area contributed by atoms with E-state index in [1.165, 1.54) is 0 Å². The molecule has 1 saturated heterocycles. The Labute approximate surface area is 194 Å². The molecule has 0 radical (unpaired) electrons. The Morgan fingerprint density at radius 2 is 1.52 bits per heavy atom. The molecule has 0 bridgehead atoms. The number of carbonyl (C=O) groups is 3. The van der Waals surface area contributed by atoms with Gasteiger partial charge >= 0.3 is 7.12 Å². The number of primary amides is 1. The van der Waals surface area contributed by atoms with Gasteiger partial charge in [-0.05, 0) is 50.9 Å². The molecule has 0 aromatic heterocycles. The standard InChI is InChI=1S/C24H30BN3O5/c1-23(2)24(3,4)33-25(32-23)18-12-10-16(11-13-18)14-19(21(26)30)28-20(29)15-27-22(31)17-8-6-5-7-9-17/h5-13,19H,14-15H2,1-4H3,(H2,26,30)(H,27,31)(H,28,29)/t19-/m0/s1. The van der Waals surface area contributed by atoms with E-state index >= 15 is 0 Å². The van der Waals surface area contributed by atoms with E-state index in [0.29, 0.717) is 5.56 Å². The Morgan fingerprint density at radius 3 is 2.06 bits per heavy atom. The van der Waals surface area contributed by atoms with Gasteiger partial charge in [0.2, 0.25) is 11.8 Å². The molecule has 1 atom stereocenters. The maximum absolute atomic E-state index is 12.3. The van der Waals surface area contributed by atoms with Crippen molar-refractivity contribution in [1.82, 2.24) is 10.6 Å². The van der Waals surface area contributed by atoms with E-state index in [4.69, 9.17) is 15.0 Å². The van der Waals surface area contributed by atoms with Gasteiger partial charge in [0.25, 0.3) is 5.91 Å². The summed E-state index contributed by atoms with van der Waals surface area (Å²) in [5.41, 5.74) is 6.73. The number of carbonyl (C=O) groups excluding carboxylic acids is 3. The zero-order chi connectivity index (χ0) is 24.2. The van der Waals surface area contributed by atoms with Crippen molar-refractivity contribution in [2.75, 3.05) is 6.54 Å². The van der Waals surface area contributed by atoms with Crippen molar-refractivity contribution in [3.05, 3.63) is 65.7 Å². The third kappa shape index (κ3) is 6.00. The summed E-state index contributed by atoms with van der Waals surface area (Å²) in [5, 5.41) is 5.11. The first-order chi connectivity index (χ1) is 15.5. The van der Waals surface area contributed by atoms with Gasteiger partial charge in [-0.1, -0.05) is 42.5 Å². The fraction of sp³-hybridized carbons (Fsp3) is 0.375. The molecule has 3 amide bonds. The minimum Gasteiger partial charge on any atom is -0.399 e. The summed E-state index contributed by atoms with van der Waals surface area (Å²) in [7, 11) is -0.482. The molecule has 0 aliphatic carbocycles. The second-order valence-electron chi connectivity index (χ2n) is 9.11. The molecule has 3 rings (SSSR count). The van der Waals surface area contributed by atoms with E-state index in [2.05, 4.69) is 10.6 Å². The lowest BCUT2D eigenvalue weighted by Crippen LogP contribution is -2.49. The van der Waals surface area contributed by atoms with Crippen LogP contribution in [0.5, 0.6) is 0 Å². The molecular weight excluding hydrogens is 421 g/mol. The van der Waals surface area contributed by atoms with Gasteiger partial charge in [-0.15, -0.1) is 0 Å². The fourth-order valence-electron chi connectivity index (χ4n) is 3.35. The van der Waals surface area contributed by atoms with Gasteiger partial charge in [0.05, 0.1) is 17.7 Å². The van der Waals surface area contributed by atoms with Gasteiger partial charge in [0.1, 0.15) is 6.04 Å². The number of rotatable bonds is 8. The van der Waals surface area contributed by atoms with Crippen molar-refractivity contribution in [1.29, 1.82) is 0 Å². The summed E-state index contributed by atoms with van der Waals surface area (Å²) in [4.78, 5) is 36.2. The van der Waals surface area contributed by atoms with Gasteiger partial charge < -0.3 is 25.7 Å². The second kappa shape index (κ2) is 9.76. The highest BCUT2D eigenvalue weighted by Crippen LogP contribution is 2.36. The van der Waals surface area contributed by atoms with Crippen LogP contribution in [-0.4, -0.2) is 48.6 Å². The molecule has 1 aliphatic rings. The summed E-state index contributed by atoms with van der Waals surface area (Å²) in [5.74, 6) is -1.54. The Morgan fingerprint density at radius 1 is 0.939 bits per heavy atom. The maximum atomic E-state index is 12.3. The molecule has 8 nitrogen and oxygen atoms in total. The average molecular weight is 451 g/mol. The van der Waals surface area contributed by atoms with Crippen molar-refractivity contribution in [2.24, 2.45) is 5.73 Å². The quantitative estimate of drug-likeness (QED) is 0.516. The van der Waals surface area contributed by atoms with Crippen LogP contribution in [0.1, 0.15) is 43.6 Å². The van der Waals surface area contributed by atoms with Crippen molar-refractivity contribution >= 4 is 30.3 Å². The summed E-state index contributed by atoms with van der Waals surface area (Å²) in [6.07, 6.45) is 0.220. The highest BCUT2D eigenvalue weighted by molar-refractivity contribution is 6.62. The lowest BCUT2D eigenvalue weighted by molar-refractivity contribution is -0.126. The van der Waals surface area contributed by atoms with Crippen LogP contribution in [0.4, 0.5) is 0 Å². The number of nitrogens with one attached hydrogen (secondary N) is 2. The number of hydrogen-bond acceptors (Lipinski definition) is 5. The van der Waals surface area contributed by atoms with Crippen molar-refractivity contribution in [2.45, 2.75) is 51.4 Å². The monoisotopic (exact) mass is 451 g/mol. The first-order valence-corrected chi connectivity index (χ1v) is 10.8. The van der Waals surface area contributed by atoms with E-state index in [0.717, 1.165) is 11.0 Å². The molecule has 0 spiro atoms. The smallest absolute Gasteiger partial charge is 0.399 e. The zero-order valence-electron chi connectivity index (χ0n) is 19.4. The molecule has 4 N–H and O–H groups in total. The Kier molecular flexibility index (Phi) is 7.24. The van der Waals surface area contributed by atoms with Gasteiger partial charge in [-0.25, -0.2) is 0 Å². The Hall–Kier alpha value is -3.17. The predicted octanol–water partition coefficient (Wildman–Crippen LogP) is 0.928. The topological polar surface area (TPSA) is 120 Å². The first-order valence-electron chi connectivity index (χ1n) is 10.8. The molecule has 1 aliphatic heterocycles. The largest absolute Gasteiger partial charge is 0.494 e. The molecule has 1 heterocycles. The summed E-state index contributed by atoms with van der Waals surface area (Å²) in [6.45, 7) is 7.69. The van der Waals surface area contributed by atoms with Crippen LogP contribution in [0.3, 0.4) is 0 Å². The van der Waals surface area contributed by atoms with Gasteiger partial charge in [-0.3, -0.25) is 14.4 Å². The molecular formula is C24H30BN3O5. The van der Waals surface area contributed by atoms with Crippen LogP contribution in [0.25, 0.3) is 0 Å². The zero-order valence-corrected chi connectivity index (χ0v) is 19.4. The molecule has 9 heteroatoms. The normalized spacial score (nSPS) is 17.3. The Bertz CT molecular complexity index is 993. The second-order valence-corrected chi connectivity index (χ2v) is 9.11. The van der Waals surface area contributed by atoms with E-state index in [9.17, 15) is 14.4 Å². The minimum atomic E-state index is -0.908. The van der Waals surface area contributed by atoms with Crippen LogP contribution in [-0.2, 0) is 25.3 Å². The lowest BCUT2D eigenvalue weighted by atomic mass is 9.78. The third-order valence-corrected chi connectivity index (χ3v) is 6.07. The van der Waals surface area contributed by atoms with E-state index in [1.807, 2.05) is 52.0 Å². The van der Waals surface area contributed by atoms with E-state index in [1.54, 1.807) is 30.3 Å². The number of amides is 3. The first kappa shape index (κ1) is 24.5. The van der Waals surface area contributed by atoms with Crippen molar-refractivity contribution in [3.8, 4) is 0 Å². The third-order valence-electron chi connectivity index (χ3n) is 6.07. The molecule has 0 saturated carbocycles. The molecule has 33 heavy (non-hydrogen) atoms. The van der Waals surface area contributed by atoms with Crippen LogP contribution < -0.4 is 21.8 Å². The van der Waals surface area contributed by atoms with Crippen LogP contribution >= 0.6 is 0 Å². The highest BCUT2D eigenvalue weighted by atomic mass is 16.7. The summed E-state index contributed by atoms with van der Waals surface area (Å²) in [6, 6.07) is 15.1. The Balaban J connectivity index is 1.56. The van der Waals surface area contributed by atoms with Crippen LogP contribution in [0.2, 0.25) is 0 Å². The maximum Gasteiger partial charge on any atom is 0.494 e. The molecule has 2 aromatic rings. The number of benzene rings is 2. The van der Waals surface area contributed by atoms with Crippen molar-refractivity contribution < 1.29 is 23.7 Å². The summed E-state index contributed by atoms with van der Waals surface area (Å²) >= 11 is 0. The molecule has 1 fully saturated rings. The minimum absolute atomic E-state index is 0.220. The van der Waals surface area contributed by atoms with Gasteiger partial charge in [-0.2, -0.15) is 0 Å². The van der Waals surface area contributed by atoms with E-state index in [-0.39, 0.29) is 18.9 Å². The van der Waals surface area contributed by atoms with Gasteiger partial charge in [0, 0.05) is 12.0 Å². The predicted molar refractivity (Wildman–Crippen MR) is 126 cm³/mol. The van der Waals surface area contributed by atoms with Gasteiger partial charge in [0.15, 0.2) is 0 Å². The lowest BCUT2D eigenvalue weighted by Gasteiger charge is -2.32. The van der Waals surface area contributed by atoms with Crippen LogP contribution in [0.15, 0.2) is 54.6 Å². The highest BCUT2D eigenvalue weighted by Gasteiger charge is 2.51. The summed E-state index contributed by atoms with van der Waals surface area (Å²) < 4.78 is 12.1. The number of nitrogens with two attached hydrogens (primary N) is 1. The molecule has 0 unspecified atom stereocenters.